The number of anilines is 2. The third-order valence-corrected chi connectivity index (χ3v) is 5.56. The zero-order chi connectivity index (χ0) is 20.3. The number of piperazine rings is 1. The second-order valence-electron chi connectivity index (χ2n) is 6.80. The molecule has 5 nitrogen and oxygen atoms in total. The van der Waals surface area contributed by atoms with Crippen LogP contribution in [0.15, 0.2) is 36.4 Å². The summed E-state index contributed by atoms with van der Waals surface area (Å²) in [4.78, 5) is 28.7. The second kappa shape index (κ2) is 8.84. The number of nitrogens with one attached hydrogen (secondary N) is 1. The Morgan fingerprint density at radius 3 is 2.39 bits per heavy atom. The minimum atomic E-state index is -0.245. The molecule has 1 aliphatic rings. The van der Waals surface area contributed by atoms with Gasteiger partial charge in [0.05, 0.1) is 11.4 Å². The van der Waals surface area contributed by atoms with E-state index in [9.17, 15) is 9.59 Å². The lowest BCUT2D eigenvalue weighted by atomic mass is 10.1. The number of carbonyl (C=O) groups is 2. The summed E-state index contributed by atoms with van der Waals surface area (Å²) >= 11 is 12.3. The van der Waals surface area contributed by atoms with Crippen LogP contribution in [0.25, 0.3) is 0 Å². The molecule has 2 aromatic rings. The molecule has 3 rings (SSSR count). The summed E-state index contributed by atoms with van der Waals surface area (Å²) in [5.41, 5.74) is 2.94. The highest BCUT2D eigenvalue weighted by atomic mass is 35.5. The quantitative estimate of drug-likeness (QED) is 0.786. The maximum Gasteiger partial charge on any atom is 0.255 e. The summed E-state index contributed by atoms with van der Waals surface area (Å²) in [5, 5.41) is 4.05. The normalized spacial score (nSPS) is 14.1. The zero-order valence-electron chi connectivity index (χ0n) is 16.0. The van der Waals surface area contributed by atoms with Gasteiger partial charge in [0.2, 0.25) is 5.91 Å². The lowest BCUT2D eigenvalue weighted by Crippen LogP contribution is -2.48. The number of nitrogens with zero attached hydrogens (tertiary/aromatic N) is 2. The molecule has 0 spiro atoms. The summed E-state index contributed by atoms with van der Waals surface area (Å²) in [6, 6.07) is 10.7. The average molecular weight is 420 g/mol. The maximum atomic E-state index is 12.7. The smallest absolute Gasteiger partial charge is 0.255 e. The molecule has 1 fully saturated rings. The molecule has 0 aromatic heterocycles. The van der Waals surface area contributed by atoms with E-state index in [4.69, 9.17) is 23.2 Å². The standard InChI is InChI=1S/C21H23Cl2N3O2/c1-3-20(27)26-10-8-25(9-11-26)19-7-6-16(22)13-18(19)24-21(28)15-5-4-14(2)17(23)12-15/h4-7,12-13H,3,8-11H2,1-2H3,(H,24,28). The first-order valence-corrected chi connectivity index (χ1v) is 10.0. The fraction of sp³-hybridized carbons (Fsp3) is 0.333. The van der Waals surface area contributed by atoms with Crippen molar-refractivity contribution in [2.45, 2.75) is 20.3 Å². The van der Waals surface area contributed by atoms with Gasteiger partial charge in [-0.25, -0.2) is 0 Å². The third kappa shape index (κ3) is 4.59. The van der Waals surface area contributed by atoms with Crippen LogP contribution in [0.5, 0.6) is 0 Å². The highest BCUT2D eigenvalue weighted by Gasteiger charge is 2.22. The van der Waals surface area contributed by atoms with E-state index in [1.165, 1.54) is 0 Å². The summed E-state index contributed by atoms with van der Waals surface area (Å²) in [6.07, 6.45) is 0.515. The Morgan fingerprint density at radius 1 is 1.04 bits per heavy atom. The number of aryl methyl sites for hydroxylation is 1. The third-order valence-electron chi connectivity index (χ3n) is 4.92. The summed E-state index contributed by atoms with van der Waals surface area (Å²) in [6.45, 7) is 6.49. The van der Waals surface area contributed by atoms with Gasteiger partial charge in [-0.05, 0) is 42.8 Å². The second-order valence-corrected chi connectivity index (χ2v) is 7.64. The minimum Gasteiger partial charge on any atom is -0.366 e. The first-order valence-electron chi connectivity index (χ1n) is 9.29. The van der Waals surface area contributed by atoms with Gasteiger partial charge in [-0.1, -0.05) is 36.2 Å². The largest absolute Gasteiger partial charge is 0.366 e. The number of carbonyl (C=O) groups excluding carboxylic acids is 2. The molecular weight excluding hydrogens is 397 g/mol. The first-order chi connectivity index (χ1) is 13.4. The molecule has 2 amide bonds. The van der Waals surface area contributed by atoms with E-state index in [-0.39, 0.29) is 11.8 Å². The van der Waals surface area contributed by atoms with Gasteiger partial charge in [0.15, 0.2) is 0 Å². The Balaban J connectivity index is 1.78. The van der Waals surface area contributed by atoms with Crippen molar-refractivity contribution in [1.82, 2.24) is 4.90 Å². The molecule has 7 heteroatoms. The Labute approximate surface area is 175 Å². The molecule has 1 aliphatic heterocycles. The van der Waals surface area contributed by atoms with E-state index in [2.05, 4.69) is 10.2 Å². The Hall–Kier alpha value is -2.24. The van der Waals surface area contributed by atoms with Crippen LogP contribution in [0.2, 0.25) is 10.0 Å². The van der Waals surface area contributed by atoms with E-state index >= 15 is 0 Å². The lowest BCUT2D eigenvalue weighted by Gasteiger charge is -2.37. The topological polar surface area (TPSA) is 52.7 Å². The van der Waals surface area contributed by atoms with Gasteiger partial charge in [0.25, 0.3) is 5.91 Å². The molecule has 1 heterocycles. The molecule has 148 valence electrons. The highest BCUT2D eigenvalue weighted by molar-refractivity contribution is 6.32. The molecule has 0 radical (unpaired) electrons. The Morgan fingerprint density at radius 2 is 1.75 bits per heavy atom. The SMILES string of the molecule is CCC(=O)N1CCN(c2ccc(Cl)cc2NC(=O)c2ccc(C)c(Cl)c2)CC1. The molecule has 1 saturated heterocycles. The van der Waals surface area contributed by atoms with Crippen molar-refractivity contribution in [1.29, 1.82) is 0 Å². The first kappa shape index (κ1) is 20.5. The van der Waals surface area contributed by atoms with Crippen molar-refractivity contribution in [3.8, 4) is 0 Å². The van der Waals surface area contributed by atoms with E-state index in [0.29, 0.717) is 53.9 Å². The van der Waals surface area contributed by atoms with Crippen molar-refractivity contribution >= 4 is 46.4 Å². The minimum absolute atomic E-state index is 0.167. The van der Waals surface area contributed by atoms with E-state index in [1.807, 2.05) is 30.9 Å². The molecule has 1 N–H and O–H groups in total. The van der Waals surface area contributed by atoms with Gasteiger partial charge in [-0.3, -0.25) is 9.59 Å². The van der Waals surface area contributed by atoms with Crippen molar-refractivity contribution < 1.29 is 9.59 Å². The van der Waals surface area contributed by atoms with Crippen LogP contribution in [-0.4, -0.2) is 42.9 Å². The van der Waals surface area contributed by atoms with Crippen LogP contribution >= 0.6 is 23.2 Å². The zero-order valence-corrected chi connectivity index (χ0v) is 17.5. The van der Waals surface area contributed by atoms with Crippen molar-refractivity contribution in [3.63, 3.8) is 0 Å². The van der Waals surface area contributed by atoms with Crippen LogP contribution < -0.4 is 10.2 Å². The van der Waals surface area contributed by atoms with Crippen molar-refractivity contribution in [3.05, 3.63) is 57.6 Å². The Bertz CT molecular complexity index is 893. The number of hydrogen-bond acceptors (Lipinski definition) is 3. The number of halogens is 2. The molecule has 2 aromatic carbocycles. The van der Waals surface area contributed by atoms with Gasteiger partial charge in [0, 0.05) is 48.2 Å². The number of benzene rings is 2. The molecule has 0 bridgehead atoms. The predicted molar refractivity (Wildman–Crippen MR) is 115 cm³/mol. The number of hydrogen-bond donors (Lipinski definition) is 1. The molecule has 28 heavy (non-hydrogen) atoms. The lowest BCUT2D eigenvalue weighted by molar-refractivity contribution is -0.131. The van der Waals surface area contributed by atoms with Crippen LogP contribution in [-0.2, 0) is 4.79 Å². The van der Waals surface area contributed by atoms with Crippen LogP contribution in [0.1, 0.15) is 29.3 Å². The molecule has 0 aliphatic carbocycles. The predicted octanol–water partition coefficient (Wildman–Crippen LogP) is 4.61. The molecule has 0 saturated carbocycles. The van der Waals surface area contributed by atoms with Crippen LogP contribution in [0.3, 0.4) is 0 Å². The highest BCUT2D eigenvalue weighted by Crippen LogP contribution is 2.31. The van der Waals surface area contributed by atoms with E-state index < -0.39 is 0 Å². The van der Waals surface area contributed by atoms with E-state index in [1.54, 1.807) is 24.3 Å². The fourth-order valence-corrected chi connectivity index (χ4v) is 3.59. The molecular formula is C21H23Cl2N3O2. The molecule has 0 atom stereocenters. The summed E-state index contributed by atoms with van der Waals surface area (Å²) in [5.74, 6) is -0.0780. The monoisotopic (exact) mass is 419 g/mol. The maximum absolute atomic E-state index is 12.7. The van der Waals surface area contributed by atoms with Crippen molar-refractivity contribution in [2.24, 2.45) is 0 Å². The fourth-order valence-electron chi connectivity index (χ4n) is 3.23. The molecule has 0 unspecified atom stereocenters. The summed E-state index contributed by atoms with van der Waals surface area (Å²) in [7, 11) is 0. The van der Waals surface area contributed by atoms with Gasteiger partial charge in [0.1, 0.15) is 0 Å². The number of amides is 2. The van der Waals surface area contributed by atoms with Gasteiger partial charge >= 0.3 is 0 Å². The summed E-state index contributed by atoms with van der Waals surface area (Å²) < 4.78 is 0. The van der Waals surface area contributed by atoms with Gasteiger partial charge in [-0.2, -0.15) is 0 Å². The van der Waals surface area contributed by atoms with Crippen LogP contribution in [0, 0.1) is 6.92 Å². The van der Waals surface area contributed by atoms with E-state index in [0.717, 1.165) is 11.3 Å². The van der Waals surface area contributed by atoms with Gasteiger partial charge < -0.3 is 15.1 Å². The number of rotatable bonds is 4. The van der Waals surface area contributed by atoms with Gasteiger partial charge in [-0.15, -0.1) is 0 Å². The van der Waals surface area contributed by atoms with Crippen molar-refractivity contribution in [2.75, 3.05) is 36.4 Å². The Kier molecular flexibility index (Phi) is 6.47. The average Bonchev–Trinajstić information content (AvgIpc) is 2.69. The van der Waals surface area contributed by atoms with Crippen LogP contribution in [0.4, 0.5) is 11.4 Å².